The maximum Gasteiger partial charge on any atom is 0.344 e. The highest BCUT2D eigenvalue weighted by atomic mass is 16.4. The van der Waals surface area contributed by atoms with Crippen molar-refractivity contribution in [2.24, 2.45) is 0 Å². The quantitative estimate of drug-likeness (QED) is 0.180. The molecule has 0 saturated heterocycles. The first-order chi connectivity index (χ1) is 15.4. The summed E-state index contributed by atoms with van der Waals surface area (Å²) < 4.78 is 5.85. The van der Waals surface area contributed by atoms with E-state index in [1.165, 1.54) is 17.3 Å². The summed E-state index contributed by atoms with van der Waals surface area (Å²) in [6, 6.07) is 3.87. The fourth-order valence-corrected chi connectivity index (χ4v) is 4.77. The number of nitrogens with zero attached hydrogens (tertiary/aromatic N) is 1. The van der Waals surface area contributed by atoms with Gasteiger partial charge in [-0.25, -0.2) is 14.4 Å². The zero-order chi connectivity index (χ0) is 24.1. The van der Waals surface area contributed by atoms with Gasteiger partial charge in [0.15, 0.2) is 0 Å². The van der Waals surface area contributed by atoms with Crippen LogP contribution in [0.25, 0.3) is 17.0 Å². The van der Waals surface area contributed by atoms with Crippen molar-refractivity contribution in [3.05, 3.63) is 62.7 Å². The van der Waals surface area contributed by atoms with E-state index in [0.717, 1.165) is 49.0 Å². The molecule has 7 heteroatoms. The third-order valence-electron chi connectivity index (χ3n) is 6.80. The van der Waals surface area contributed by atoms with Gasteiger partial charge in [-0.2, -0.15) is 0 Å². The Morgan fingerprint density at radius 1 is 1.06 bits per heavy atom. The molecule has 2 N–H and O–H groups in total. The second kappa shape index (κ2) is 7.78. The van der Waals surface area contributed by atoms with Crippen molar-refractivity contribution in [3.8, 4) is 0 Å². The molecule has 0 fully saturated rings. The molecule has 0 spiro atoms. The zero-order valence-electron chi connectivity index (χ0n) is 19.2. The molecule has 33 heavy (non-hydrogen) atoms. The number of aliphatic carboxylic acids is 2. The van der Waals surface area contributed by atoms with Crippen LogP contribution in [-0.4, -0.2) is 35.2 Å². The van der Waals surface area contributed by atoms with Crippen molar-refractivity contribution >= 4 is 34.7 Å². The molecular weight excluding hydrogens is 422 g/mol. The Labute approximate surface area is 191 Å². The van der Waals surface area contributed by atoms with Crippen LogP contribution in [0.5, 0.6) is 0 Å². The summed E-state index contributed by atoms with van der Waals surface area (Å²) in [5.41, 5.74) is 5.58. The minimum Gasteiger partial charge on any atom is -0.477 e. The van der Waals surface area contributed by atoms with Crippen molar-refractivity contribution in [3.63, 3.8) is 0 Å². The Bertz CT molecular complexity index is 1320. The number of carbonyl (C=O) groups is 2. The predicted octanol–water partition coefficient (Wildman–Crippen LogP) is 4.23. The van der Waals surface area contributed by atoms with E-state index < -0.39 is 23.1 Å². The monoisotopic (exact) mass is 449 g/mol. The Kier molecular flexibility index (Phi) is 5.33. The molecule has 1 aromatic carbocycles. The van der Waals surface area contributed by atoms with E-state index in [1.807, 2.05) is 0 Å². The molecule has 2 aliphatic heterocycles. The van der Waals surface area contributed by atoms with Gasteiger partial charge in [-0.15, -0.1) is 5.73 Å². The molecule has 0 atom stereocenters. The second-order valence-electron chi connectivity index (χ2n) is 9.98. The molecule has 2 aliphatic rings. The molecule has 0 amide bonds. The van der Waals surface area contributed by atoms with Crippen LogP contribution in [0, 0.1) is 0 Å². The Morgan fingerprint density at radius 3 is 2.33 bits per heavy atom. The topological polar surface area (TPSA) is 108 Å². The summed E-state index contributed by atoms with van der Waals surface area (Å²) in [6.07, 6.45) is 5.46. The summed E-state index contributed by atoms with van der Waals surface area (Å²) >= 11 is 0. The van der Waals surface area contributed by atoms with Gasteiger partial charge >= 0.3 is 17.6 Å². The summed E-state index contributed by atoms with van der Waals surface area (Å²) in [5, 5.41) is 18.6. The molecule has 1 aromatic heterocycles. The maximum absolute atomic E-state index is 12.8. The molecule has 0 unspecified atom stereocenters. The van der Waals surface area contributed by atoms with Gasteiger partial charge < -0.3 is 19.5 Å². The third kappa shape index (κ3) is 3.89. The number of carboxylic acid groups (broad SMARTS) is 2. The molecule has 0 radical (unpaired) electrons. The van der Waals surface area contributed by atoms with E-state index in [1.54, 1.807) is 6.07 Å². The first-order valence-corrected chi connectivity index (χ1v) is 10.9. The lowest BCUT2D eigenvalue weighted by Gasteiger charge is -2.48. The minimum atomic E-state index is -1.55. The Balaban J connectivity index is 1.90. The van der Waals surface area contributed by atoms with Crippen LogP contribution in [0.1, 0.15) is 57.2 Å². The van der Waals surface area contributed by atoms with E-state index in [-0.39, 0.29) is 16.4 Å². The van der Waals surface area contributed by atoms with Crippen LogP contribution < -0.4 is 10.5 Å². The lowest BCUT2D eigenvalue weighted by molar-refractivity contribution is -0.140. The highest BCUT2D eigenvalue weighted by Crippen LogP contribution is 2.51. The van der Waals surface area contributed by atoms with Crippen LogP contribution in [0.15, 0.2) is 44.8 Å². The first kappa shape index (κ1) is 22.6. The predicted molar refractivity (Wildman–Crippen MR) is 126 cm³/mol. The molecule has 0 saturated carbocycles. The van der Waals surface area contributed by atoms with Gasteiger partial charge in [-0.3, -0.25) is 0 Å². The van der Waals surface area contributed by atoms with Crippen molar-refractivity contribution in [1.29, 1.82) is 0 Å². The molecule has 0 aliphatic carbocycles. The molecule has 0 bridgehead atoms. The SMILES string of the molecule is CC1(C)CCN2CCC(C)(C)c3c2c1cc1cc(C=C=CC=C(C(=O)O)C(=O)O)c(=O)oc31. The van der Waals surface area contributed by atoms with Gasteiger partial charge in [0.05, 0.1) is 5.56 Å². The summed E-state index contributed by atoms with van der Waals surface area (Å²) in [7, 11) is 0. The number of hydrogen-bond donors (Lipinski definition) is 2. The number of rotatable bonds is 4. The van der Waals surface area contributed by atoms with Crippen molar-refractivity contribution in [2.45, 2.75) is 51.4 Å². The minimum absolute atomic E-state index is 0.0108. The maximum atomic E-state index is 12.8. The second-order valence-corrected chi connectivity index (χ2v) is 9.98. The average molecular weight is 450 g/mol. The molecule has 7 nitrogen and oxygen atoms in total. The Morgan fingerprint density at radius 2 is 1.70 bits per heavy atom. The lowest BCUT2D eigenvalue weighted by atomic mass is 9.69. The van der Waals surface area contributed by atoms with Crippen molar-refractivity contribution < 1.29 is 24.2 Å². The van der Waals surface area contributed by atoms with Crippen LogP contribution >= 0.6 is 0 Å². The van der Waals surface area contributed by atoms with E-state index in [0.29, 0.717) is 5.58 Å². The van der Waals surface area contributed by atoms with E-state index >= 15 is 0 Å². The van der Waals surface area contributed by atoms with Crippen molar-refractivity contribution in [2.75, 3.05) is 18.0 Å². The standard InChI is InChI=1S/C26H27NO6/c1-25(2)9-11-27-12-10-26(3,4)19-20(27)18(25)14-16-13-15(24(32)33-21(16)19)7-5-6-8-17(22(28)29)23(30)31/h6-8,13-14H,9-12H2,1-4H3,(H,28,29)(H,30,31). The summed E-state index contributed by atoms with van der Waals surface area (Å²) in [5.74, 6) is -3.10. The molecular formula is C26H27NO6. The normalized spacial score (nSPS) is 17.5. The van der Waals surface area contributed by atoms with Crippen LogP contribution in [0.3, 0.4) is 0 Å². The third-order valence-corrected chi connectivity index (χ3v) is 6.80. The Hall–Kier alpha value is -3.57. The summed E-state index contributed by atoms with van der Waals surface area (Å²) in [4.78, 5) is 37.1. The van der Waals surface area contributed by atoms with E-state index in [9.17, 15) is 14.4 Å². The van der Waals surface area contributed by atoms with Gasteiger partial charge in [-0.05, 0) is 59.6 Å². The largest absolute Gasteiger partial charge is 0.477 e. The van der Waals surface area contributed by atoms with Crippen LogP contribution in [0.4, 0.5) is 5.69 Å². The molecule has 4 rings (SSSR count). The number of anilines is 1. The number of carboxylic acids is 2. The van der Waals surface area contributed by atoms with Crippen molar-refractivity contribution in [1.82, 2.24) is 0 Å². The van der Waals surface area contributed by atoms with Crippen LogP contribution in [0.2, 0.25) is 0 Å². The molecule has 3 heterocycles. The van der Waals surface area contributed by atoms with Gasteiger partial charge in [0, 0.05) is 29.7 Å². The van der Waals surface area contributed by atoms with Gasteiger partial charge in [-0.1, -0.05) is 27.7 Å². The van der Waals surface area contributed by atoms with Gasteiger partial charge in [0.1, 0.15) is 11.2 Å². The highest BCUT2D eigenvalue weighted by molar-refractivity contribution is 6.12. The smallest absolute Gasteiger partial charge is 0.344 e. The fourth-order valence-electron chi connectivity index (χ4n) is 4.77. The van der Waals surface area contributed by atoms with Gasteiger partial charge in [0.25, 0.3) is 0 Å². The first-order valence-electron chi connectivity index (χ1n) is 10.9. The highest BCUT2D eigenvalue weighted by Gasteiger charge is 2.41. The number of fused-ring (bicyclic) bond motifs is 2. The number of hydrogen-bond acceptors (Lipinski definition) is 5. The lowest BCUT2D eigenvalue weighted by Crippen LogP contribution is -2.44. The average Bonchev–Trinajstić information content (AvgIpc) is 2.71. The number of benzene rings is 1. The van der Waals surface area contributed by atoms with Crippen LogP contribution in [-0.2, 0) is 20.4 Å². The van der Waals surface area contributed by atoms with Gasteiger partial charge in [0.2, 0.25) is 0 Å². The number of allylic oxidation sites excluding steroid dienone is 2. The van der Waals surface area contributed by atoms with E-state index in [2.05, 4.69) is 44.4 Å². The summed E-state index contributed by atoms with van der Waals surface area (Å²) in [6.45, 7) is 10.8. The zero-order valence-corrected chi connectivity index (χ0v) is 19.2. The fraction of sp³-hybridized carbons (Fsp3) is 0.385. The van der Waals surface area contributed by atoms with E-state index in [4.69, 9.17) is 14.6 Å². The molecule has 172 valence electrons. The molecule has 2 aromatic rings.